The van der Waals surface area contributed by atoms with Crippen LogP contribution in [0.25, 0.3) is 15.9 Å². The SMILES string of the molecule is [C-]#[N+]CCNC(=O)c1ccc2nc[nH]c2c1. The lowest BCUT2D eigenvalue weighted by molar-refractivity contribution is 0.0955. The molecule has 1 heterocycles. The van der Waals surface area contributed by atoms with Crippen LogP contribution in [0.3, 0.4) is 0 Å². The van der Waals surface area contributed by atoms with Crippen molar-refractivity contribution in [3.63, 3.8) is 0 Å². The number of imidazole rings is 1. The van der Waals surface area contributed by atoms with Gasteiger partial charge in [0, 0.05) is 5.56 Å². The second-order valence-corrected chi connectivity index (χ2v) is 3.27. The number of hydrogen-bond donors (Lipinski definition) is 2. The fourth-order valence-corrected chi connectivity index (χ4v) is 1.40. The van der Waals surface area contributed by atoms with E-state index in [2.05, 4.69) is 20.1 Å². The molecule has 0 spiro atoms. The number of amides is 1. The Balaban J connectivity index is 2.13. The van der Waals surface area contributed by atoms with Crippen LogP contribution in [0.1, 0.15) is 10.4 Å². The molecule has 2 aromatic rings. The molecule has 2 rings (SSSR count). The molecule has 0 fully saturated rings. The van der Waals surface area contributed by atoms with Crippen molar-refractivity contribution >= 4 is 16.9 Å². The van der Waals surface area contributed by atoms with E-state index in [4.69, 9.17) is 6.57 Å². The van der Waals surface area contributed by atoms with Gasteiger partial charge in [-0.05, 0) is 18.2 Å². The molecule has 0 unspecified atom stereocenters. The third kappa shape index (κ3) is 2.01. The number of aromatic nitrogens is 2. The summed E-state index contributed by atoms with van der Waals surface area (Å²) < 4.78 is 0. The van der Waals surface area contributed by atoms with Gasteiger partial charge in [-0.15, -0.1) is 0 Å². The minimum Gasteiger partial charge on any atom is -0.345 e. The first kappa shape index (κ1) is 10.2. The molecule has 0 aliphatic carbocycles. The van der Waals surface area contributed by atoms with Crippen molar-refractivity contribution in [3.05, 3.63) is 41.5 Å². The number of nitrogens with zero attached hydrogens (tertiary/aromatic N) is 2. The summed E-state index contributed by atoms with van der Waals surface area (Å²) in [5, 5.41) is 2.67. The first-order valence-electron chi connectivity index (χ1n) is 4.86. The van der Waals surface area contributed by atoms with Crippen LogP contribution in [-0.2, 0) is 0 Å². The minimum absolute atomic E-state index is 0.167. The number of H-pyrrole nitrogens is 1. The molecule has 0 aliphatic heterocycles. The average molecular weight is 214 g/mol. The van der Waals surface area contributed by atoms with Gasteiger partial charge in [-0.1, -0.05) is 0 Å². The first-order chi connectivity index (χ1) is 7.81. The molecule has 1 aromatic carbocycles. The third-order valence-corrected chi connectivity index (χ3v) is 2.19. The Kier molecular flexibility index (Phi) is 2.83. The van der Waals surface area contributed by atoms with E-state index in [1.807, 2.05) is 0 Å². The standard InChI is InChI=1S/C11H10N4O/c1-12-4-5-13-11(16)8-2-3-9-10(6-8)15-7-14-9/h2-3,6-7H,4-5H2,(H,13,16)(H,14,15). The Morgan fingerprint density at radius 3 is 3.25 bits per heavy atom. The Hall–Kier alpha value is -2.35. The van der Waals surface area contributed by atoms with Crippen molar-refractivity contribution in [2.45, 2.75) is 0 Å². The van der Waals surface area contributed by atoms with Gasteiger partial charge in [-0.2, -0.15) is 0 Å². The van der Waals surface area contributed by atoms with Crippen molar-refractivity contribution in [2.75, 3.05) is 13.1 Å². The number of benzene rings is 1. The van der Waals surface area contributed by atoms with Crippen LogP contribution in [-0.4, -0.2) is 29.0 Å². The molecule has 80 valence electrons. The van der Waals surface area contributed by atoms with E-state index in [0.29, 0.717) is 18.7 Å². The fourth-order valence-electron chi connectivity index (χ4n) is 1.40. The quantitative estimate of drug-likeness (QED) is 0.596. The molecule has 1 amide bonds. The molecule has 2 N–H and O–H groups in total. The summed E-state index contributed by atoms with van der Waals surface area (Å²) in [4.78, 5) is 21.8. The summed E-state index contributed by atoms with van der Waals surface area (Å²) in [7, 11) is 0. The van der Waals surface area contributed by atoms with E-state index >= 15 is 0 Å². The van der Waals surface area contributed by atoms with E-state index < -0.39 is 0 Å². The number of aromatic amines is 1. The molecule has 16 heavy (non-hydrogen) atoms. The van der Waals surface area contributed by atoms with Crippen LogP contribution in [0.5, 0.6) is 0 Å². The summed E-state index contributed by atoms with van der Waals surface area (Å²) >= 11 is 0. The zero-order valence-electron chi connectivity index (χ0n) is 8.53. The summed E-state index contributed by atoms with van der Waals surface area (Å²) in [6.45, 7) is 7.28. The Labute approximate surface area is 92.3 Å². The number of hydrogen-bond acceptors (Lipinski definition) is 2. The van der Waals surface area contributed by atoms with Crippen molar-refractivity contribution in [2.24, 2.45) is 0 Å². The van der Waals surface area contributed by atoms with Crippen molar-refractivity contribution in [1.29, 1.82) is 0 Å². The van der Waals surface area contributed by atoms with Gasteiger partial charge >= 0.3 is 0 Å². The van der Waals surface area contributed by atoms with E-state index in [-0.39, 0.29) is 5.91 Å². The van der Waals surface area contributed by atoms with Crippen molar-refractivity contribution in [1.82, 2.24) is 15.3 Å². The molecule has 0 saturated heterocycles. The maximum absolute atomic E-state index is 11.6. The molecular formula is C11H10N4O. The van der Waals surface area contributed by atoms with Gasteiger partial charge in [-0.3, -0.25) is 4.79 Å². The molecular weight excluding hydrogens is 204 g/mol. The molecule has 1 aromatic heterocycles. The van der Waals surface area contributed by atoms with Gasteiger partial charge < -0.3 is 15.1 Å². The van der Waals surface area contributed by atoms with Gasteiger partial charge in [0.05, 0.1) is 23.9 Å². The van der Waals surface area contributed by atoms with Gasteiger partial charge in [-0.25, -0.2) is 11.6 Å². The Morgan fingerprint density at radius 1 is 1.56 bits per heavy atom. The normalized spacial score (nSPS) is 9.94. The molecule has 0 radical (unpaired) electrons. The molecule has 5 nitrogen and oxygen atoms in total. The second kappa shape index (κ2) is 4.45. The van der Waals surface area contributed by atoms with Gasteiger partial charge in [0.25, 0.3) is 5.91 Å². The molecule has 5 heteroatoms. The van der Waals surface area contributed by atoms with Crippen molar-refractivity contribution in [3.8, 4) is 0 Å². The maximum Gasteiger partial charge on any atom is 0.251 e. The average Bonchev–Trinajstić information content (AvgIpc) is 2.76. The Morgan fingerprint density at radius 2 is 2.44 bits per heavy atom. The minimum atomic E-state index is -0.167. The molecule has 0 bridgehead atoms. The smallest absolute Gasteiger partial charge is 0.251 e. The zero-order chi connectivity index (χ0) is 11.4. The third-order valence-electron chi connectivity index (χ3n) is 2.19. The van der Waals surface area contributed by atoms with Crippen LogP contribution < -0.4 is 5.32 Å². The number of nitrogens with one attached hydrogen (secondary N) is 2. The Bertz CT molecular complexity index is 552. The lowest BCUT2D eigenvalue weighted by Crippen LogP contribution is -2.25. The van der Waals surface area contributed by atoms with Crippen LogP contribution in [0.2, 0.25) is 0 Å². The fraction of sp³-hybridized carbons (Fsp3) is 0.182. The van der Waals surface area contributed by atoms with Crippen LogP contribution in [0.15, 0.2) is 24.5 Å². The van der Waals surface area contributed by atoms with Gasteiger partial charge in [0.1, 0.15) is 0 Å². The summed E-state index contributed by atoms with van der Waals surface area (Å²) in [5.74, 6) is -0.167. The zero-order valence-corrected chi connectivity index (χ0v) is 8.53. The molecule has 0 aliphatic rings. The van der Waals surface area contributed by atoms with Crippen LogP contribution in [0.4, 0.5) is 0 Å². The summed E-state index contributed by atoms with van der Waals surface area (Å²) in [6, 6.07) is 5.25. The van der Waals surface area contributed by atoms with E-state index in [9.17, 15) is 4.79 Å². The topological polar surface area (TPSA) is 62.1 Å². The number of carbonyl (C=O) groups is 1. The largest absolute Gasteiger partial charge is 0.345 e. The van der Waals surface area contributed by atoms with Gasteiger partial charge in [0.2, 0.25) is 6.54 Å². The number of carbonyl (C=O) groups excluding carboxylic acids is 1. The number of rotatable bonds is 3. The van der Waals surface area contributed by atoms with Gasteiger partial charge in [0.15, 0.2) is 0 Å². The maximum atomic E-state index is 11.6. The predicted molar refractivity (Wildman–Crippen MR) is 59.9 cm³/mol. The highest BCUT2D eigenvalue weighted by Crippen LogP contribution is 2.11. The van der Waals surface area contributed by atoms with E-state index in [1.165, 1.54) is 0 Å². The number of fused-ring (bicyclic) bond motifs is 1. The molecule has 0 saturated carbocycles. The molecule has 0 atom stereocenters. The van der Waals surface area contributed by atoms with E-state index in [1.54, 1.807) is 24.5 Å². The lowest BCUT2D eigenvalue weighted by atomic mass is 10.2. The lowest BCUT2D eigenvalue weighted by Gasteiger charge is -2.01. The highest BCUT2D eigenvalue weighted by Gasteiger charge is 2.06. The van der Waals surface area contributed by atoms with Crippen molar-refractivity contribution < 1.29 is 4.79 Å². The van der Waals surface area contributed by atoms with Crippen LogP contribution in [0, 0.1) is 6.57 Å². The second-order valence-electron chi connectivity index (χ2n) is 3.27. The summed E-state index contributed by atoms with van der Waals surface area (Å²) in [6.07, 6.45) is 1.59. The van der Waals surface area contributed by atoms with Crippen LogP contribution >= 0.6 is 0 Å². The monoisotopic (exact) mass is 214 g/mol. The summed E-state index contributed by atoms with van der Waals surface area (Å²) in [5.41, 5.74) is 2.23. The highest BCUT2D eigenvalue weighted by atomic mass is 16.1. The van der Waals surface area contributed by atoms with E-state index in [0.717, 1.165) is 11.0 Å². The predicted octanol–water partition coefficient (Wildman–Crippen LogP) is 1.21. The first-order valence-corrected chi connectivity index (χ1v) is 4.86. The highest BCUT2D eigenvalue weighted by molar-refractivity contribution is 5.97.